The van der Waals surface area contributed by atoms with Gasteiger partial charge in [0.25, 0.3) is 0 Å². The summed E-state index contributed by atoms with van der Waals surface area (Å²) in [7, 11) is 0. The third-order valence-electron chi connectivity index (χ3n) is 6.12. The minimum absolute atomic E-state index is 0.510. The molecule has 1 atom stereocenters. The zero-order chi connectivity index (χ0) is 21.3. The average Bonchev–Trinajstić information content (AvgIpc) is 3.15. The van der Waals surface area contributed by atoms with Crippen LogP contribution in [0.5, 0.6) is 0 Å². The molecule has 2 heteroatoms. The van der Waals surface area contributed by atoms with E-state index in [0.29, 0.717) is 23.7 Å². The summed E-state index contributed by atoms with van der Waals surface area (Å²) in [6, 6.07) is 13.7. The lowest BCUT2D eigenvalue weighted by molar-refractivity contribution is -0.768. The first-order chi connectivity index (χ1) is 13.7. The maximum atomic E-state index is 2.49. The van der Waals surface area contributed by atoms with E-state index >= 15 is 0 Å². The van der Waals surface area contributed by atoms with E-state index in [9.17, 15) is 0 Å². The second kappa shape index (κ2) is 8.75. The monoisotopic (exact) mass is 391 g/mol. The summed E-state index contributed by atoms with van der Waals surface area (Å²) in [5.41, 5.74) is 8.73. The van der Waals surface area contributed by atoms with Crippen molar-refractivity contribution in [3.8, 4) is 0 Å². The summed E-state index contributed by atoms with van der Waals surface area (Å²) in [5.74, 6) is 2.06. The number of nitrogens with zero attached hydrogens (tertiary/aromatic N) is 1. The van der Waals surface area contributed by atoms with Crippen LogP contribution in [0.25, 0.3) is 0 Å². The molecular formula is C27H39N2+. The lowest BCUT2D eigenvalue weighted by Gasteiger charge is -2.27. The van der Waals surface area contributed by atoms with Gasteiger partial charge in [-0.15, -0.1) is 0 Å². The first-order valence-corrected chi connectivity index (χ1v) is 11.3. The number of hydrogen-bond acceptors (Lipinski definition) is 1. The summed E-state index contributed by atoms with van der Waals surface area (Å²) < 4.78 is 0. The molecule has 29 heavy (non-hydrogen) atoms. The molecule has 1 aliphatic heterocycles. The first-order valence-electron chi connectivity index (χ1n) is 11.3. The van der Waals surface area contributed by atoms with Crippen molar-refractivity contribution in [2.45, 2.75) is 79.1 Å². The quantitative estimate of drug-likeness (QED) is 0.579. The third kappa shape index (κ3) is 4.28. The Balaban J connectivity index is 2.05. The fraction of sp³-hybridized carbons (Fsp3) is 0.481. The van der Waals surface area contributed by atoms with E-state index in [0.717, 1.165) is 6.67 Å². The molecule has 0 saturated heterocycles. The Hall–Kier alpha value is -2.06. The Morgan fingerprint density at radius 2 is 1.07 bits per heavy atom. The molecule has 1 aliphatic rings. The predicted molar refractivity (Wildman–Crippen MR) is 126 cm³/mol. The van der Waals surface area contributed by atoms with Crippen LogP contribution >= 0.6 is 0 Å². The van der Waals surface area contributed by atoms with E-state index in [1.54, 1.807) is 0 Å². The number of para-hydroxylation sites is 2. The molecule has 0 amide bonds. The number of anilines is 1. The normalized spacial score (nSPS) is 16.8. The van der Waals surface area contributed by atoms with Crippen molar-refractivity contribution in [2.75, 3.05) is 11.6 Å². The molecule has 3 rings (SSSR count). The number of nitrogens with one attached hydrogen (secondary N) is 1. The number of quaternary nitrogens is 1. The summed E-state index contributed by atoms with van der Waals surface area (Å²) in [6.45, 7) is 19.4. The van der Waals surface area contributed by atoms with Crippen molar-refractivity contribution in [1.82, 2.24) is 0 Å². The highest BCUT2D eigenvalue weighted by Crippen LogP contribution is 2.36. The molecule has 0 spiro atoms. The molecule has 1 heterocycles. The van der Waals surface area contributed by atoms with Gasteiger partial charge in [0.05, 0.1) is 11.9 Å². The van der Waals surface area contributed by atoms with E-state index in [2.05, 4.69) is 109 Å². The molecule has 0 aromatic heterocycles. The van der Waals surface area contributed by atoms with Crippen molar-refractivity contribution in [2.24, 2.45) is 0 Å². The lowest BCUT2D eigenvalue weighted by Crippen LogP contribution is -3.02. The van der Waals surface area contributed by atoms with Crippen LogP contribution in [0.1, 0.15) is 101 Å². The van der Waals surface area contributed by atoms with E-state index in [1.807, 2.05) is 0 Å². The van der Waals surface area contributed by atoms with Gasteiger partial charge in [-0.3, -0.25) is 9.80 Å². The minimum atomic E-state index is 0.510. The molecule has 0 fully saturated rings. The van der Waals surface area contributed by atoms with Crippen molar-refractivity contribution in [3.05, 3.63) is 71.1 Å². The second-order valence-corrected chi connectivity index (χ2v) is 9.68. The number of benzene rings is 2. The van der Waals surface area contributed by atoms with Gasteiger partial charge in [0.15, 0.2) is 6.67 Å². The van der Waals surface area contributed by atoms with Crippen LogP contribution in [-0.2, 0) is 0 Å². The van der Waals surface area contributed by atoms with Crippen LogP contribution in [0.4, 0.5) is 11.4 Å². The van der Waals surface area contributed by atoms with Gasteiger partial charge >= 0.3 is 0 Å². The Morgan fingerprint density at radius 1 is 0.655 bits per heavy atom. The molecule has 1 N–H and O–H groups in total. The predicted octanol–water partition coefficient (Wildman–Crippen LogP) is 6.65. The molecule has 0 saturated carbocycles. The van der Waals surface area contributed by atoms with Gasteiger partial charge in [0.2, 0.25) is 0 Å². The smallest absolute Gasteiger partial charge is 0.166 e. The fourth-order valence-corrected chi connectivity index (χ4v) is 4.55. The summed E-state index contributed by atoms with van der Waals surface area (Å²) in [4.78, 5) is 3.94. The topological polar surface area (TPSA) is 7.68 Å². The van der Waals surface area contributed by atoms with Gasteiger partial charge in [0.1, 0.15) is 11.9 Å². The summed E-state index contributed by atoms with van der Waals surface area (Å²) >= 11 is 0. The highest BCUT2D eigenvalue weighted by Gasteiger charge is 2.30. The summed E-state index contributed by atoms with van der Waals surface area (Å²) in [5, 5.41) is 0. The number of rotatable bonds is 6. The van der Waals surface area contributed by atoms with Gasteiger partial charge in [-0.05, 0) is 34.8 Å². The van der Waals surface area contributed by atoms with Crippen LogP contribution in [0.2, 0.25) is 0 Å². The molecule has 0 aliphatic carbocycles. The zero-order valence-electron chi connectivity index (χ0n) is 19.6. The minimum Gasteiger partial charge on any atom is -0.294 e. The number of hydrogen-bond donors (Lipinski definition) is 1. The maximum Gasteiger partial charge on any atom is 0.166 e. The van der Waals surface area contributed by atoms with E-state index in [4.69, 9.17) is 0 Å². The highest BCUT2D eigenvalue weighted by molar-refractivity contribution is 5.64. The van der Waals surface area contributed by atoms with Gasteiger partial charge in [-0.1, -0.05) is 91.8 Å². The Kier molecular flexibility index (Phi) is 6.53. The van der Waals surface area contributed by atoms with Crippen LogP contribution in [0, 0.1) is 0 Å². The third-order valence-corrected chi connectivity index (χ3v) is 6.12. The lowest BCUT2D eigenvalue weighted by atomic mass is 9.91. The molecule has 0 radical (unpaired) electrons. The van der Waals surface area contributed by atoms with Gasteiger partial charge in [-0.25, -0.2) is 0 Å². The van der Waals surface area contributed by atoms with E-state index in [1.165, 1.54) is 38.5 Å². The van der Waals surface area contributed by atoms with Gasteiger partial charge in [-0.2, -0.15) is 0 Å². The van der Waals surface area contributed by atoms with Crippen LogP contribution in [0.15, 0.2) is 48.8 Å². The van der Waals surface area contributed by atoms with Gasteiger partial charge in [0, 0.05) is 11.1 Å². The molecule has 156 valence electrons. The largest absolute Gasteiger partial charge is 0.294 e. The van der Waals surface area contributed by atoms with Crippen LogP contribution in [-0.4, -0.2) is 6.67 Å². The summed E-state index contributed by atoms with van der Waals surface area (Å²) in [6.07, 6.45) is 4.66. The zero-order valence-corrected chi connectivity index (χ0v) is 19.6. The average molecular weight is 392 g/mol. The Labute approximate surface area is 178 Å². The van der Waals surface area contributed by atoms with Crippen LogP contribution < -0.4 is 9.80 Å². The van der Waals surface area contributed by atoms with Crippen molar-refractivity contribution >= 4 is 11.4 Å². The molecule has 1 unspecified atom stereocenters. The van der Waals surface area contributed by atoms with Crippen LogP contribution in [0.3, 0.4) is 0 Å². The van der Waals surface area contributed by atoms with Crippen molar-refractivity contribution in [1.29, 1.82) is 0 Å². The molecule has 2 aromatic carbocycles. The Bertz CT molecular complexity index is 750. The SMILES string of the molecule is CC(C)c1cccc(C(C)C)c1N1C=C[NH+](c2c(C(C)C)cccc2C(C)C)C1. The second-order valence-electron chi connectivity index (χ2n) is 9.68. The maximum absolute atomic E-state index is 2.49. The van der Waals surface area contributed by atoms with E-state index in [-0.39, 0.29) is 0 Å². The first kappa shape index (κ1) is 21.6. The van der Waals surface area contributed by atoms with E-state index < -0.39 is 0 Å². The fourth-order valence-electron chi connectivity index (χ4n) is 4.55. The highest BCUT2D eigenvalue weighted by atomic mass is 15.3. The Morgan fingerprint density at radius 3 is 1.48 bits per heavy atom. The van der Waals surface area contributed by atoms with Crippen molar-refractivity contribution in [3.63, 3.8) is 0 Å². The standard InChI is InChI=1S/C27H38N2/c1-18(2)22-11-9-12-23(19(3)4)26(22)28-15-16-29(17-28)27-24(20(5)6)13-10-14-25(27)21(7)8/h9-16,18-21H,17H2,1-8H3/p+1. The molecule has 2 nitrogen and oxygen atoms in total. The van der Waals surface area contributed by atoms with Gasteiger partial charge < -0.3 is 0 Å². The van der Waals surface area contributed by atoms with Crippen molar-refractivity contribution < 1.29 is 4.90 Å². The molecule has 0 bridgehead atoms. The molecule has 2 aromatic rings. The molecular weight excluding hydrogens is 352 g/mol.